The van der Waals surface area contributed by atoms with Gasteiger partial charge < -0.3 is 4.57 Å². The molecule has 4 aromatic rings. The van der Waals surface area contributed by atoms with Crippen LogP contribution in [0.5, 0.6) is 0 Å². The monoisotopic (exact) mass is 546 g/mol. The van der Waals surface area contributed by atoms with Crippen molar-refractivity contribution in [2.75, 3.05) is 11.4 Å². The van der Waals surface area contributed by atoms with Gasteiger partial charge in [0.15, 0.2) is 5.13 Å². The molecule has 0 bridgehead atoms. The van der Waals surface area contributed by atoms with E-state index in [1.54, 1.807) is 42.3 Å². The third-order valence-corrected chi connectivity index (χ3v) is 6.55. The number of amides is 1. The number of nitrogens with zero attached hydrogens (tertiary/aromatic N) is 4. The second-order valence-electron chi connectivity index (χ2n) is 7.97. The van der Waals surface area contributed by atoms with Gasteiger partial charge in [-0.1, -0.05) is 22.9 Å². The average molecular weight is 547 g/mol. The Bertz CT molecular complexity index is 1370. The number of halogens is 7. The van der Waals surface area contributed by atoms with E-state index in [1.165, 1.54) is 0 Å². The molecule has 0 saturated heterocycles. The number of benzene rings is 2. The number of alkyl halides is 6. The highest BCUT2D eigenvalue weighted by molar-refractivity contribution is 7.22. The first-order valence-corrected chi connectivity index (χ1v) is 11.7. The summed E-state index contributed by atoms with van der Waals surface area (Å²) in [4.78, 5) is 22.9. The van der Waals surface area contributed by atoms with E-state index in [0.29, 0.717) is 45.9 Å². The van der Waals surface area contributed by atoms with Gasteiger partial charge in [0.05, 0.1) is 27.7 Å². The van der Waals surface area contributed by atoms with Crippen LogP contribution in [0.25, 0.3) is 10.2 Å². The Balaban J connectivity index is 1.77. The van der Waals surface area contributed by atoms with Crippen molar-refractivity contribution < 1.29 is 31.1 Å². The van der Waals surface area contributed by atoms with Crippen LogP contribution in [0.4, 0.5) is 31.5 Å². The highest BCUT2D eigenvalue weighted by Crippen LogP contribution is 2.38. The molecule has 2 aromatic carbocycles. The van der Waals surface area contributed by atoms with Crippen LogP contribution in [0.2, 0.25) is 5.02 Å². The minimum Gasteiger partial charge on any atom is -0.337 e. The zero-order valence-electron chi connectivity index (χ0n) is 18.5. The minimum absolute atomic E-state index is 0.0107. The van der Waals surface area contributed by atoms with Crippen molar-refractivity contribution in [2.45, 2.75) is 32.2 Å². The molecular weight excluding hydrogens is 530 g/mol. The molecule has 4 rings (SSSR count). The van der Waals surface area contributed by atoms with Gasteiger partial charge in [-0.25, -0.2) is 9.97 Å². The summed E-state index contributed by atoms with van der Waals surface area (Å²) in [6, 6.07) is 4.14. The molecule has 0 unspecified atom stereocenters. The van der Waals surface area contributed by atoms with E-state index in [2.05, 4.69) is 9.97 Å². The molecule has 5 nitrogen and oxygen atoms in total. The van der Waals surface area contributed by atoms with Crippen molar-refractivity contribution >= 4 is 44.2 Å². The van der Waals surface area contributed by atoms with Crippen LogP contribution in [0.1, 0.15) is 33.5 Å². The Morgan fingerprint density at radius 3 is 2.31 bits per heavy atom. The molecular formula is C23H17ClF6N4OS. The maximum atomic E-state index is 13.4. The quantitative estimate of drug-likeness (QED) is 0.240. The van der Waals surface area contributed by atoms with Crippen LogP contribution in [-0.4, -0.2) is 27.0 Å². The molecule has 190 valence electrons. The highest BCUT2D eigenvalue weighted by Gasteiger charge is 2.38. The smallest absolute Gasteiger partial charge is 0.337 e. The fourth-order valence-corrected chi connectivity index (χ4v) is 5.05. The molecule has 0 spiro atoms. The second kappa shape index (κ2) is 9.74. The number of carbonyl (C=O) groups excluding carboxylic acids is 1. The number of thiazole rings is 1. The van der Waals surface area contributed by atoms with Gasteiger partial charge in [-0.15, -0.1) is 0 Å². The summed E-state index contributed by atoms with van der Waals surface area (Å²) >= 11 is 7.18. The zero-order chi connectivity index (χ0) is 26.3. The average Bonchev–Trinajstić information content (AvgIpc) is 3.45. The summed E-state index contributed by atoms with van der Waals surface area (Å²) < 4.78 is 82.6. The van der Waals surface area contributed by atoms with Crippen LogP contribution in [0, 0.1) is 6.92 Å². The van der Waals surface area contributed by atoms with Gasteiger partial charge in [-0.2, -0.15) is 26.3 Å². The van der Waals surface area contributed by atoms with Crippen molar-refractivity contribution in [1.29, 1.82) is 0 Å². The van der Waals surface area contributed by atoms with Crippen molar-refractivity contribution in [3.05, 3.63) is 76.3 Å². The summed E-state index contributed by atoms with van der Waals surface area (Å²) in [6.45, 7) is 2.16. The molecule has 13 heteroatoms. The normalized spacial score (nSPS) is 12.3. The molecule has 1 amide bonds. The molecule has 0 atom stereocenters. The minimum atomic E-state index is -5.08. The van der Waals surface area contributed by atoms with E-state index in [9.17, 15) is 31.1 Å². The number of carbonyl (C=O) groups is 1. The Morgan fingerprint density at radius 2 is 1.72 bits per heavy atom. The molecule has 0 aliphatic heterocycles. The summed E-state index contributed by atoms with van der Waals surface area (Å²) in [5.41, 5.74) is -2.62. The lowest BCUT2D eigenvalue weighted by Gasteiger charge is -2.21. The van der Waals surface area contributed by atoms with Crippen LogP contribution in [0.3, 0.4) is 0 Å². The lowest BCUT2D eigenvalue weighted by molar-refractivity contribution is -0.143. The van der Waals surface area contributed by atoms with E-state index in [0.717, 1.165) is 16.2 Å². The number of imidazole rings is 1. The zero-order valence-corrected chi connectivity index (χ0v) is 20.1. The first kappa shape index (κ1) is 26.0. The fourth-order valence-electron chi connectivity index (χ4n) is 3.61. The predicted octanol–water partition coefficient (Wildman–Crippen LogP) is 7.23. The molecule has 2 heterocycles. The topological polar surface area (TPSA) is 51.0 Å². The molecule has 0 saturated carbocycles. The third-order valence-electron chi connectivity index (χ3n) is 5.31. The highest BCUT2D eigenvalue weighted by atomic mass is 35.5. The van der Waals surface area contributed by atoms with Crippen LogP contribution < -0.4 is 4.90 Å². The Kier molecular flexibility index (Phi) is 7.02. The summed E-state index contributed by atoms with van der Waals surface area (Å²) in [6.07, 6.45) is -5.01. The fraction of sp³-hybridized carbons (Fsp3) is 0.261. The molecule has 0 radical (unpaired) electrons. The number of hydrogen-bond acceptors (Lipinski definition) is 4. The summed E-state index contributed by atoms with van der Waals surface area (Å²) in [5, 5.41) is 0.567. The number of anilines is 1. The molecule has 2 aromatic heterocycles. The van der Waals surface area contributed by atoms with E-state index in [-0.39, 0.29) is 17.7 Å². The number of hydrogen-bond donors (Lipinski definition) is 0. The molecule has 0 aliphatic carbocycles. The predicted molar refractivity (Wildman–Crippen MR) is 124 cm³/mol. The van der Waals surface area contributed by atoms with Crippen molar-refractivity contribution in [3.8, 4) is 0 Å². The number of aryl methyl sites for hydroxylation is 2. The SMILES string of the molecule is Cc1cc(Cl)cc2sc(N(CCCn3ccnc3)C(=O)c3cc(C(F)(F)F)cc(C(F)(F)F)c3)nc12. The Hall–Kier alpha value is -3.12. The van der Waals surface area contributed by atoms with Gasteiger partial charge in [0.25, 0.3) is 5.91 Å². The van der Waals surface area contributed by atoms with Gasteiger partial charge in [0.2, 0.25) is 0 Å². The van der Waals surface area contributed by atoms with Crippen molar-refractivity contribution in [1.82, 2.24) is 14.5 Å². The first-order valence-electron chi connectivity index (χ1n) is 10.5. The van der Waals surface area contributed by atoms with Gasteiger partial charge in [-0.05, 0) is 49.2 Å². The second-order valence-corrected chi connectivity index (χ2v) is 9.42. The van der Waals surface area contributed by atoms with E-state index >= 15 is 0 Å². The molecule has 0 N–H and O–H groups in total. The largest absolute Gasteiger partial charge is 0.416 e. The van der Waals surface area contributed by atoms with E-state index in [4.69, 9.17) is 11.6 Å². The first-order chi connectivity index (χ1) is 16.8. The Labute approximate surface area is 209 Å². The maximum absolute atomic E-state index is 13.4. The van der Waals surface area contributed by atoms with Gasteiger partial charge in [0.1, 0.15) is 0 Å². The third kappa shape index (κ3) is 5.65. The van der Waals surface area contributed by atoms with Crippen LogP contribution in [-0.2, 0) is 18.9 Å². The number of aromatic nitrogens is 3. The molecule has 0 fully saturated rings. The molecule has 0 aliphatic rings. The molecule has 36 heavy (non-hydrogen) atoms. The Morgan fingerprint density at radius 1 is 1.06 bits per heavy atom. The van der Waals surface area contributed by atoms with Gasteiger partial charge in [0, 0.05) is 36.1 Å². The maximum Gasteiger partial charge on any atom is 0.416 e. The van der Waals surface area contributed by atoms with Crippen LogP contribution >= 0.6 is 22.9 Å². The van der Waals surface area contributed by atoms with Gasteiger partial charge in [-0.3, -0.25) is 9.69 Å². The lowest BCUT2D eigenvalue weighted by atomic mass is 10.0. The lowest BCUT2D eigenvalue weighted by Crippen LogP contribution is -2.33. The number of fused-ring (bicyclic) bond motifs is 1. The summed E-state index contributed by atoms with van der Waals surface area (Å²) in [7, 11) is 0. The van der Waals surface area contributed by atoms with E-state index in [1.807, 2.05) is 0 Å². The van der Waals surface area contributed by atoms with Gasteiger partial charge >= 0.3 is 12.4 Å². The van der Waals surface area contributed by atoms with E-state index < -0.39 is 35.0 Å². The van der Waals surface area contributed by atoms with Crippen LogP contribution in [0.15, 0.2) is 49.1 Å². The van der Waals surface area contributed by atoms with Crippen molar-refractivity contribution in [2.24, 2.45) is 0 Å². The number of rotatable bonds is 6. The standard InChI is InChI=1S/C23H17ClF6N4OS/c1-13-7-17(24)11-18-19(13)32-21(36-18)34(5-2-4-33-6-3-31-12-33)20(35)14-8-15(22(25,26)27)10-16(9-14)23(28,29)30/h3,6-12H,2,4-5H2,1H3. The summed E-state index contributed by atoms with van der Waals surface area (Å²) in [5.74, 6) is -1.03. The van der Waals surface area contributed by atoms with Crippen molar-refractivity contribution in [3.63, 3.8) is 0 Å².